The van der Waals surface area contributed by atoms with Gasteiger partial charge in [-0.1, -0.05) is 24.6 Å². The highest BCUT2D eigenvalue weighted by molar-refractivity contribution is 5.76. The molecule has 0 saturated heterocycles. The quantitative estimate of drug-likeness (QED) is 0.228. The van der Waals surface area contributed by atoms with Gasteiger partial charge in [0.25, 0.3) is 0 Å². The Balaban J connectivity index is 1.89. The van der Waals surface area contributed by atoms with Gasteiger partial charge in [-0.3, -0.25) is 10.7 Å². The molecular formula is C17H25N6O2+. The number of benzene rings is 1. The zero-order valence-corrected chi connectivity index (χ0v) is 14.4. The van der Waals surface area contributed by atoms with Crippen LogP contribution in [0.3, 0.4) is 0 Å². The molecule has 0 aliphatic heterocycles. The molecule has 1 aromatic heterocycles. The number of rotatable bonds is 10. The highest BCUT2D eigenvalue weighted by Gasteiger charge is 2.17. The van der Waals surface area contributed by atoms with E-state index in [0.29, 0.717) is 25.8 Å². The Kier molecular flexibility index (Phi) is 6.76. The number of carbonyl (C=O) groups is 1. The van der Waals surface area contributed by atoms with Gasteiger partial charge in [-0.2, -0.15) is 0 Å². The Hall–Kier alpha value is -2.61. The van der Waals surface area contributed by atoms with Gasteiger partial charge in [-0.05, 0) is 25.0 Å². The number of nitrogens with one attached hydrogen (secondary N) is 2. The largest absolute Gasteiger partial charge is 0.480 e. The second kappa shape index (κ2) is 9.03. The maximum absolute atomic E-state index is 11.3. The molecule has 1 aromatic carbocycles. The zero-order chi connectivity index (χ0) is 18.2. The third kappa shape index (κ3) is 5.46. The minimum Gasteiger partial charge on any atom is -0.480 e. The molecule has 0 bridgehead atoms. The van der Waals surface area contributed by atoms with Crippen molar-refractivity contribution in [2.75, 3.05) is 13.2 Å². The molecule has 0 radical (unpaired) electrons. The van der Waals surface area contributed by atoms with Crippen LogP contribution in [0, 0.1) is 5.53 Å². The molecule has 1 heterocycles. The molecule has 2 rings (SSSR count). The third-order valence-corrected chi connectivity index (χ3v) is 4.03. The minimum atomic E-state index is -0.947. The highest BCUT2D eigenvalue weighted by Crippen LogP contribution is 2.19. The monoisotopic (exact) mass is 345 g/mol. The minimum absolute atomic E-state index is 0.117. The van der Waals surface area contributed by atoms with Crippen molar-refractivity contribution in [3.05, 3.63) is 30.1 Å². The number of aliphatic imine (C=N–C) groups is 1. The van der Waals surface area contributed by atoms with Gasteiger partial charge < -0.3 is 10.1 Å². The summed E-state index contributed by atoms with van der Waals surface area (Å²) < 4.78 is 1.20. The van der Waals surface area contributed by atoms with Gasteiger partial charge in [0.1, 0.15) is 11.9 Å². The van der Waals surface area contributed by atoms with Gasteiger partial charge in [-0.15, -0.1) is 4.70 Å². The molecule has 2 aromatic rings. The van der Waals surface area contributed by atoms with Crippen molar-refractivity contribution in [2.24, 2.45) is 10.7 Å². The molecule has 1 unspecified atom stereocenters. The van der Waals surface area contributed by atoms with Crippen molar-refractivity contribution >= 4 is 23.2 Å². The van der Waals surface area contributed by atoms with Gasteiger partial charge in [-0.25, -0.2) is 9.78 Å². The van der Waals surface area contributed by atoms with Crippen molar-refractivity contribution in [3.8, 4) is 0 Å². The van der Waals surface area contributed by atoms with Crippen LogP contribution in [-0.2, 0) is 4.79 Å². The number of fused-ring (bicyclic) bond motifs is 1. The van der Waals surface area contributed by atoms with Crippen LogP contribution in [0.15, 0.2) is 29.3 Å². The normalized spacial score (nSPS) is 14.0. The number of hydrogen-bond acceptors (Lipinski definition) is 5. The molecule has 0 saturated carbocycles. The first-order chi connectivity index (χ1) is 12.0. The van der Waals surface area contributed by atoms with Gasteiger partial charge in [0.05, 0.1) is 11.0 Å². The smallest absolute Gasteiger partial charge is 0.328 e. The summed E-state index contributed by atoms with van der Waals surface area (Å²) >= 11 is 0. The molecule has 0 aliphatic carbocycles. The number of aromatic nitrogens is 2. The lowest BCUT2D eigenvalue weighted by molar-refractivity contribution is -0.614. The molecule has 0 spiro atoms. The predicted octanol–water partition coefficient (Wildman–Crippen LogP) is 2.32. The molecule has 25 heavy (non-hydrogen) atoms. The summed E-state index contributed by atoms with van der Waals surface area (Å²) in [4.78, 5) is 23.3. The average molecular weight is 345 g/mol. The van der Waals surface area contributed by atoms with Gasteiger partial charge in [0.2, 0.25) is 6.67 Å². The first-order valence-electron chi connectivity index (χ1n) is 8.36. The summed E-state index contributed by atoms with van der Waals surface area (Å²) in [5.41, 5.74) is 14.7. The van der Waals surface area contributed by atoms with E-state index in [2.05, 4.69) is 15.0 Å². The Bertz CT molecular complexity index is 721. The van der Waals surface area contributed by atoms with Crippen LogP contribution in [0.25, 0.3) is 11.0 Å². The van der Waals surface area contributed by atoms with E-state index in [-0.39, 0.29) is 12.6 Å². The molecule has 5 N–H and O–H groups in total. The fraction of sp³-hybridized carbons (Fsp3) is 0.471. The number of nitrogens with two attached hydrogens (primary N) is 1. The van der Waals surface area contributed by atoms with Crippen molar-refractivity contribution < 1.29 is 14.6 Å². The average Bonchev–Trinajstić information content (AvgIpc) is 3.04. The van der Waals surface area contributed by atoms with E-state index in [4.69, 9.17) is 11.3 Å². The number of nitrogens with zero attached hydrogens (tertiary/aromatic N) is 3. The molecule has 8 heteroatoms. The van der Waals surface area contributed by atoms with Crippen LogP contribution in [0.1, 0.15) is 37.9 Å². The standard InChI is InChI=1S/C17H24N6O2/c1-12(16-21-13-5-2-3-6-14(13)22-16)8-9-20-15(17(24)25)7-4-10-23(19)11-18/h2-3,5-6,9,12,15,19H,4,7-8,10-11,18H2,1H3,(H-,21,22,24,25)/p+1/t12?,15-/m0/s1. The fourth-order valence-corrected chi connectivity index (χ4v) is 2.49. The Morgan fingerprint density at radius 3 is 2.96 bits per heavy atom. The number of carboxylic acids is 1. The summed E-state index contributed by atoms with van der Waals surface area (Å²) in [5.74, 6) is 0.0378. The van der Waals surface area contributed by atoms with Crippen LogP contribution in [0.4, 0.5) is 0 Å². The van der Waals surface area contributed by atoms with E-state index in [1.54, 1.807) is 6.21 Å². The fourth-order valence-electron chi connectivity index (χ4n) is 2.49. The second-order valence-electron chi connectivity index (χ2n) is 6.05. The lowest BCUT2D eigenvalue weighted by atomic mass is 10.1. The Morgan fingerprint density at radius 1 is 1.52 bits per heavy atom. The highest BCUT2D eigenvalue weighted by atomic mass is 16.4. The Morgan fingerprint density at radius 2 is 2.28 bits per heavy atom. The molecule has 2 atom stereocenters. The van der Waals surface area contributed by atoms with E-state index < -0.39 is 12.0 Å². The molecule has 8 nitrogen and oxygen atoms in total. The number of aromatic amines is 1. The summed E-state index contributed by atoms with van der Waals surface area (Å²) in [6.07, 6.45) is 3.23. The first-order valence-corrected chi connectivity index (χ1v) is 8.36. The number of carboxylic acid groups (broad SMARTS) is 1. The Labute approximate surface area is 146 Å². The van der Waals surface area contributed by atoms with E-state index >= 15 is 0 Å². The first kappa shape index (κ1) is 18.7. The summed E-state index contributed by atoms with van der Waals surface area (Å²) in [5, 5.41) is 9.26. The van der Waals surface area contributed by atoms with Crippen LogP contribution in [0.2, 0.25) is 0 Å². The van der Waals surface area contributed by atoms with E-state index in [0.717, 1.165) is 16.9 Å². The van der Waals surface area contributed by atoms with E-state index in [9.17, 15) is 9.90 Å². The molecule has 0 fully saturated rings. The lowest BCUT2D eigenvalue weighted by Gasteiger charge is -2.07. The van der Waals surface area contributed by atoms with Crippen LogP contribution < -0.4 is 5.73 Å². The molecule has 0 aliphatic rings. The van der Waals surface area contributed by atoms with Crippen LogP contribution in [-0.4, -0.2) is 51.2 Å². The number of imidazole rings is 1. The van der Waals surface area contributed by atoms with Crippen LogP contribution >= 0.6 is 0 Å². The van der Waals surface area contributed by atoms with Crippen molar-refractivity contribution in [1.82, 2.24) is 9.97 Å². The zero-order valence-electron chi connectivity index (χ0n) is 14.4. The van der Waals surface area contributed by atoms with E-state index in [1.165, 1.54) is 4.70 Å². The van der Waals surface area contributed by atoms with Gasteiger partial charge >= 0.3 is 5.97 Å². The topological polar surface area (TPSA) is 131 Å². The summed E-state index contributed by atoms with van der Waals surface area (Å²) in [7, 11) is 0. The third-order valence-electron chi connectivity index (χ3n) is 4.03. The van der Waals surface area contributed by atoms with Gasteiger partial charge in [0, 0.05) is 18.6 Å². The number of para-hydroxylation sites is 2. The van der Waals surface area contributed by atoms with Crippen molar-refractivity contribution in [1.29, 1.82) is 5.53 Å². The maximum Gasteiger partial charge on any atom is 0.328 e. The number of aliphatic carboxylic acids is 1. The van der Waals surface area contributed by atoms with Crippen LogP contribution in [0.5, 0.6) is 0 Å². The number of H-pyrrole nitrogens is 1. The number of hydrogen-bond donors (Lipinski definition) is 4. The van der Waals surface area contributed by atoms with Crippen molar-refractivity contribution in [2.45, 2.75) is 38.1 Å². The lowest BCUT2D eigenvalue weighted by Crippen LogP contribution is -2.22. The molecular weight excluding hydrogens is 320 g/mol. The van der Waals surface area contributed by atoms with Crippen molar-refractivity contribution in [3.63, 3.8) is 0 Å². The predicted molar refractivity (Wildman–Crippen MR) is 95.2 cm³/mol. The summed E-state index contributed by atoms with van der Waals surface area (Å²) in [6.45, 7) is 2.60. The summed E-state index contributed by atoms with van der Waals surface area (Å²) in [6, 6.07) is 7.04. The molecule has 0 amide bonds. The van der Waals surface area contributed by atoms with Gasteiger partial charge in [0.15, 0.2) is 6.54 Å². The SMILES string of the molecule is CC(CC=N[C@@H](CCC[N+](=N)CN)C(=O)O)c1nc2ccccc2[nH]1. The van der Waals surface area contributed by atoms with E-state index in [1.807, 2.05) is 31.2 Å². The second-order valence-corrected chi connectivity index (χ2v) is 6.05. The molecule has 134 valence electrons. The maximum atomic E-state index is 11.3.